The zero-order chi connectivity index (χ0) is 10.6. The summed E-state index contributed by atoms with van der Waals surface area (Å²) in [6.45, 7) is 2.38. The molecular formula is C10H13ClN2O. The van der Waals surface area contributed by atoms with Gasteiger partial charge in [-0.25, -0.2) is 0 Å². The maximum Gasteiger partial charge on any atom is 0.239 e. The summed E-state index contributed by atoms with van der Waals surface area (Å²) in [5.41, 5.74) is 8.26. The molecule has 0 saturated carbocycles. The Morgan fingerprint density at radius 3 is 2.86 bits per heavy atom. The average Bonchev–Trinajstić information content (AvgIpc) is 2.21. The molecule has 1 aromatic carbocycles. The summed E-state index contributed by atoms with van der Waals surface area (Å²) in [5.74, 6) is -0.240. The second kappa shape index (κ2) is 4.98. The quantitative estimate of drug-likeness (QED) is 0.749. The number of carbonyl (C=O) groups is 1. The van der Waals surface area contributed by atoms with E-state index in [9.17, 15) is 4.79 Å². The lowest BCUT2D eigenvalue weighted by Crippen LogP contribution is -2.13. The highest BCUT2D eigenvalue weighted by Gasteiger charge is 2.03. The third-order valence-electron chi connectivity index (χ3n) is 1.93. The molecule has 0 spiro atoms. The highest BCUT2D eigenvalue weighted by molar-refractivity contribution is 6.29. The van der Waals surface area contributed by atoms with Gasteiger partial charge >= 0.3 is 0 Å². The maximum atomic E-state index is 11.1. The highest BCUT2D eigenvalue weighted by Crippen LogP contribution is 2.16. The predicted octanol–water partition coefficient (Wildman–Crippen LogP) is 1.63. The second-order valence-electron chi connectivity index (χ2n) is 3.04. The first-order valence-corrected chi connectivity index (χ1v) is 4.86. The molecule has 0 bridgehead atoms. The molecule has 0 unspecified atom stereocenters. The zero-order valence-corrected chi connectivity index (χ0v) is 8.77. The van der Waals surface area contributed by atoms with Gasteiger partial charge in [0, 0.05) is 12.2 Å². The first-order valence-electron chi connectivity index (χ1n) is 4.32. The minimum absolute atomic E-state index is 0.0354. The van der Waals surface area contributed by atoms with E-state index in [1.165, 1.54) is 0 Å². The van der Waals surface area contributed by atoms with Crippen LogP contribution in [0.3, 0.4) is 0 Å². The van der Waals surface area contributed by atoms with Crippen molar-refractivity contribution in [1.29, 1.82) is 0 Å². The Hall–Kier alpha value is -1.06. The van der Waals surface area contributed by atoms with Gasteiger partial charge in [-0.15, -0.1) is 11.6 Å². The molecule has 0 atom stereocenters. The van der Waals surface area contributed by atoms with Crippen LogP contribution < -0.4 is 11.1 Å². The SMILES string of the molecule is Cc1ccc(CN)cc1NC(=O)CCl. The van der Waals surface area contributed by atoms with E-state index in [2.05, 4.69) is 5.32 Å². The van der Waals surface area contributed by atoms with Crippen molar-refractivity contribution in [3.63, 3.8) is 0 Å². The van der Waals surface area contributed by atoms with Crippen molar-refractivity contribution in [2.24, 2.45) is 5.73 Å². The molecule has 1 aromatic rings. The molecule has 0 radical (unpaired) electrons. The van der Waals surface area contributed by atoms with Gasteiger partial charge in [0.1, 0.15) is 5.88 Å². The molecule has 3 nitrogen and oxygen atoms in total. The van der Waals surface area contributed by atoms with E-state index in [4.69, 9.17) is 17.3 Å². The molecule has 0 fully saturated rings. The Bertz CT molecular complexity index is 339. The fourth-order valence-corrected chi connectivity index (χ4v) is 1.18. The van der Waals surface area contributed by atoms with Gasteiger partial charge in [0.2, 0.25) is 5.91 Å². The highest BCUT2D eigenvalue weighted by atomic mass is 35.5. The standard InChI is InChI=1S/C10H13ClN2O/c1-7-2-3-8(6-12)4-9(7)13-10(14)5-11/h2-4H,5-6,12H2,1H3,(H,13,14). The second-order valence-corrected chi connectivity index (χ2v) is 3.30. The summed E-state index contributed by atoms with van der Waals surface area (Å²) in [6, 6.07) is 5.72. The van der Waals surface area contributed by atoms with Gasteiger partial charge in [0.15, 0.2) is 0 Å². The number of rotatable bonds is 3. The lowest BCUT2D eigenvalue weighted by atomic mass is 10.1. The number of nitrogens with one attached hydrogen (secondary N) is 1. The first kappa shape index (κ1) is 11.0. The Balaban J connectivity index is 2.89. The molecule has 1 amide bonds. The molecule has 14 heavy (non-hydrogen) atoms. The zero-order valence-electron chi connectivity index (χ0n) is 8.01. The van der Waals surface area contributed by atoms with Crippen LogP contribution in [0.5, 0.6) is 0 Å². The Morgan fingerprint density at radius 1 is 1.57 bits per heavy atom. The van der Waals surface area contributed by atoms with Crippen molar-refractivity contribution >= 4 is 23.2 Å². The van der Waals surface area contributed by atoms with E-state index in [0.717, 1.165) is 16.8 Å². The molecule has 0 saturated heterocycles. The smallest absolute Gasteiger partial charge is 0.239 e. The van der Waals surface area contributed by atoms with Crippen LogP contribution in [0.2, 0.25) is 0 Å². The number of anilines is 1. The van der Waals surface area contributed by atoms with E-state index < -0.39 is 0 Å². The largest absolute Gasteiger partial charge is 0.326 e. The summed E-state index contributed by atoms with van der Waals surface area (Å²) in [4.78, 5) is 11.1. The van der Waals surface area contributed by atoms with Gasteiger partial charge in [-0.3, -0.25) is 4.79 Å². The van der Waals surface area contributed by atoms with Gasteiger partial charge in [-0.2, -0.15) is 0 Å². The lowest BCUT2D eigenvalue weighted by Gasteiger charge is -2.08. The van der Waals surface area contributed by atoms with E-state index in [0.29, 0.717) is 6.54 Å². The maximum absolute atomic E-state index is 11.1. The van der Waals surface area contributed by atoms with Crippen LogP contribution in [-0.4, -0.2) is 11.8 Å². The van der Waals surface area contributed by atoms with Crippen LogP contribution in [0.1, 0.15) is 11.1 Å². The minimum Gasteiger partial charge on any atom is -0.326 e. The van der Waals surface area contributed by atoms with E-state index >= 15 is 0 Å². The summed E-state index contributed by atoms with van der Waals surface area (Å²) < 4.78 is 0. The summed E-state index contributed by atoms with van der Waals surface area (Å²) in [6.07, 6.45) is 0. The van der Waals surface area contributed by atoms with Crippen molar-refractivity contribution in [3.05, 3.63) is 29.3 Å². The first-order chi connectivity index (χ1) is 6.67. The van der Waals surface area contributed by atoms with Crippen LogP contribution in [0.4, 0.5) is 5.69 Å². The van der Waals surface area contributed by atoms with Crippen LogP contribution >= 0.6 is 11.6 Å². The summed E-state index contributed by atoms with van der Waals surface area (Å²) in [7, 11) is 0. The monoisotopic (exact) mass is 212 g/mol. The van der Waals surface area contributed by atoms with Crippen molar-refractivity contribution < 1.29 is 4.79 Å². The van der Waals surface area contributed by atoms with E-state index in [1.807, 2.05) is 25.1 Å². The summed E-state index contributed by atoms with van der Waals surface area (Å²) in [5, 5.41) is 2.71. The molecule has 3 N–H and O–H groups in total. The Kier molecular flexibility index (Phi) is 3.92. The van der Waals surface area contributed by atoms with Crippen LogP contribution in [0.25, 0.3) is 0 Å². The third kappa shape index (κ3) is 2.72. The van der Waals surface area contributed by atoms with Gasteiger partial charge < -0.3 is 11.1 Å². The third-order valence-corrected chi connectivity index (χ3v) is 2.18. The number of alkyl halides is 1. The van der Waals surface area contributed by atoms with Gasteiger partial charge in [0.25, 0.3) is 0 Å². The van der Waals surface area contributed by atoms with Gasteiger partial charge in [-0.05, 0) is 24.1 Å². The molecule has 0 heterocycles. The van der Waals surface area contributed by atoms with Gasteiger partial charge in [-0.1, -0.05) is 12.1 Å². The topological polar surface area (TPSA) is 55.1 Å². The van der Waals surface area contributed by atoms with Crippen molar-refractivity contribution in [2.45, 2.75) is 13.5 Å². The molecule has 1 rings (SSSR count). The molecular weight excluding hydrogens is 200 g/mol. The number of nitrogens with two attached hydrogens (primary N) is 1. The van der Waals surface area contributed by atoms with E-state index in [1.54, 1.807) is 0 Å². The van der Waals surface area contributed by atoms with Crippen molar-refractivity contribution in [1.82, 2.24) is 0 Å². The van der Waals surface area contributed by atoms with Crippen molar-refractivity contribution in [3.8, 4) is 0 Å². The molecule has 76 valence electrons. The average molecular weight is 213 g/mol. The number of amides is 1. The summed E-state index contributed by atoms with van der Waals surface area (Å²) >= 11 is 5.39. The van der Waals surface area contributed by atoms with Crippen molar-refractivity contribution in [2.75, 3.05) is 11.2 Å². The number of hydrogen-bond acceptors (Lipinski definition) is 2. The molecule has 4 heteroatoms. The van der Waals surface area contributed by atoms with Crippen LogP contribution in [0, 0.1) is 6.92 Å². The van der Waals surface area contributed by atoms with Gasteiger partial charge in [0.05, 0.1) is 0 Å². The predicted molar refractivity (Wildman–Crippen MR) is 58.4 cm³/mol. The fourth-order valence-electron chi connectivity index (χ4n) is 1.11. The van der Waals surface area contributed by atoms with E-state index in [-0.39, 0.29) is 11.8 Å². The minimum atomic E-state index is -0.205. The number of carbonyl (C=O) groups excluding carboxylic acids is 1. The molecule has 0 aromatic heterocycles. The lowest BCUT2D eigenvalue weighted by molar-refractivity contribution is -0.113. The fraction of sp³-hybridized carbons (Fsp3) is 0.300. The normalized spacial score (nSPS) is 9.93. The van der Waals surface area contributed by atoms with Crippen LogP contribution in [-0.2, 0) is 11.3 Å². The number of benzene rings is 1. The molecule has 0 aliphatic carbocycles. The molecule has 0 aliphatic heterocycles. The van der Waals surface area contributed by atoms with Crippen LogP contribution in [0.15, 0.2) is 18.2 Å². The number of aryl methyl sites for hydroxylation is 1. The Labute approximate surface area is 88.2 Å². The Morgan fingerprint density at radius 2 is 2.29 bits per heavy atom. The number of halogens is 1. The number of hydrogen-bond donors (Lipinski definition) is 2. The molecule has 0 aliphatic rings.